The van der Waals surface area contributed by atoms with Gasteiger partial charge in [0.05, 0.1) is 21.3 Å². The van der Waals surface area contributed by atoms with E-state index in [9.17, 15) is 0 Å². The largest absolute Gasteiger partial charge is 0.497 e. The lowest BCUT2D eigenvalue weighted by Gasteiger charge is -2.05. The quantitative estimate of drug-likeness (QED) is 0.174. The molecule has 0 saturated heterocycles. The van der Waals surface area contributed by atoms with Crippen molar-refractivity contribution in [2.45, 2.75) is 123 Å². The number of aryl methyl sites for hydroxylation is 6. The lowest BCUT2D eigenvalue weighted by atomic mass is 10.0. The Morgan fingerprint density at radius 1 is 0.386 bits per heavy atom. The van der Waals surface area contributed by atoms with Crippen LogP contribution in [-0.4, -0.2) is 56.1 Å². The Morgan fingerprint density at radius 3 is 0.807 bits per heavy atom. The molecule has 0 N–H and O–H groups in total. The van der Waals surface area contributed by atoms with E-state index in [1.807, 2.05) is 55.5 Å². The molecule has 0 unspecified atom stereocenters. The van der Waals surface area contributed by atoms with Gasteiger partial charge in [-0.2, -0.15) is 0 Å². The Balaban J connectivity index is -0.000000183. The summed E-state index contributed by atoms with van der Waals surface area (Å²) in [6.45, 7) is 33.2. The number of benzene rings is 4. The fourth-order valence-electron chi connectivity index (χ4n) is 3.03. The van der Waals surface area contributed by atoms with E-state index < -0.39 is 0 Å². The molecule has 57 heavy (non-hydrogen) atoms. The van der Waals surface area contributed by atoms with Gasteiger partial charge in [-0.15, -0.1) is 0 Å². The maximum absolute atomic E-state index is 4.97. The zero-order valence-electron chi connectivity index (χ0n) is 40.6. The van der Waals surface area contributed by atoms with Crippen LogP contribution in [0.4, 0.5) is 0 Å². The molecule has 328 valence electrons. The molecule has 0 aromatic heterocycles. The number of methoxy groups -OCH3 is 6. The van der Waals surface area contributed by atoms with Crippen molar-refractivity contribution < 1.29 is 28.4 Å². The van der Waals surface area contributed by atoms with Gasteiger partial charge in [-0.05, 0) is 101 Å². The van der Waals surface area contributed by atoms with Gasteiger partial charge in [-0.25, -0.2) is 0 Å². The van der Waals surface area contributed by atoms with Crippen molar-refractivity contribution >= 4 is 0 Å². The summed E-state index contributed by atoms with van der Waals surface area (Å²) in [6, 6.07) is 30.4. The van der Waals surface area contributed by atoms with Crippen LogP contribution in [-0.2, 0) is 14.2 Å². The average Bonchev–Trinajstić information content (AvgIpc) is 3.19. The first kappa shape index (κ1) is 62.4. The Kier molecular flexibility index (Phi) is 49.1. The van der Waals surface area contributed by atoms with E-state index in [1.165, 1.54) is 52.6 Å². The van der Waals surface area contributed by atoms with Gasteiger partial charge < -0.3 is 28.4 Å². The smallest absolute Gasteiger partial charge is 0.145 e. The molecule has 6 heteroatoms. The van der Waals surface area contributed by atoms with Gasteiger partial charge in [0.1, 0.15) is 24.0 Å². The summed E-state index contributed by atoms with van der Waals surface area (Å²) in [5, 5.41) is 0. The number of hydrogen-bond acceptors (Lipinski definition) is 6. The summed E-state index contributed by atoms with van der Waals surface area (Å²) in [5.41, 5.74) is 8.52. The summed E-state index contributed by atoms with van der Waals surface area (Å²) in [4.78, 5) is 0. The first-order valence-electron chi connectivity index (χ1n) is 20.2. The Morgan fingerprint density at radius 2 is 0.632 bits per heavy atom. The highest BCUT2D eigenvalue weighted by atomic mass is 16.6. The molecule has 4 aromatic rings. The number of ether oxygens (including phenoxy) is 6. The van der Waals surface area contributed by atoms with Crippen molar-refractivity contribution in [1.82, 2.24) is 0 Å². The average molecular weight is 797 g/mol. The van der Waals surface area contributed by atoms with Gasteiger partial charge in [-0.3, -0.25) is 0 Å². The van der Waals surface area contributed by atoms with Crippen LogP contribution >= 0.6 is 0 Å². The lowest BCUT2D eigenvalue weighted by Crippen LogP contribution is -1.93. The van der Waals surface area contributed by atoms with Crippen LogP contribution in [0, 0.1) is 47.0 Å². The van der Waals surface area contributed by atoms with Crippen LogP contribution in [0.2, 0.25) is 0 Å². The monoisotopic (exact) mass is 797 g/mol. The fraction of sp³-hybridized carbons (Fsp3) is 0.529. The van der Waals surface area contributed by atoms with E-state index in [-0.39, 0.29) is 0 Å². The third-order valence-corrected chi connectivity index (χ3v) is 6.46. The van der Waals surface area contributed by atoms with Crippen molar-refractivity contribution in [2.24, 2.45) is 5.41 Å². The highest BCUT2D eigenvalue weighted by Crippen LogP contribution is 2.16. The topological polar surface area (TPSA) is 55.4 Å². The number of unbranched alkanes of at least 4 members (excludes halogenated alkanes) is 1. The van der Waals surface area contributed by atoms with Crippen LogP contribution in [0.3, 0.4) is 0 Å². The SMILES string of the molecule is CC(C)(C)C.CCC.CCCC.CCOC.COCOC.COc1ccc(C)cc1.COc1ccc(OC)cc1.Cc1ccc(C)c(C)c1.Cc1ccc(C)cc1. The van der Waals surface area contributed by atoms with Crippen LogP contribution in [0.5, 0.6) is 17.2 Å². The molecule has 0 heterocycles. The molecular formula is C51H88O6. The highest BCUT2D eigenvalue weighted by Gasteiger charge is 1.95. The predicted molar refractivity (Wildman–Crippen MR) is 252 cm³/mol. The van der Waals surface area contributed by atoms with E-state index in [0.29, 0.717) is 12.2 Å². The molecule has 0 saturated carbocycles. The van der Waals surface area contributed by atoms with E-state index in [1.54, 1.807) is 42.7 Å². The Bertz CT molecular complexity index is 1280. The maximum Gasteiger partial charge on any atom is 0.145 e. The van der Waals surface area contributed by atoms with Crippen molar-refractivity contribution in [3.63, 3.8) is 0 Å². The molecule has 0 amide bonds. The molecule has 6 nitrogen and oxygen atoms in total. The second kappa shape index (κ2) is 44.9. The number of rotatable bonds is 7. The minimum atomic E-state index is 0.389. The van der Waals surface area contributed by atoms with Crippen LogP contribution in [0.25, 0.3) is 0 Å². The van der Waals surface area contributed by atoms with Crippen molar-refractivity contribution in [3.8, 4) is 17.2 Å². The van der Waals surface area contributed by atoms with E-state index in [0.717, 1.165) is 23.9 Å². The molecule has 0 aliphatic rings. The third kappa shape index (κ3) is 54.3. The van der Waals surface area contributed by atoms with Crippen LogP contribution < -0.4 is 14.2 Å². The minimum absolute atomic E-state index is 0.389. The zero-order valence-corrected chi connectivity index (χ0v) is 40.6. The van der Waals surface area contributed by atoms with Crippen LogP contribution in [0.1, 0.15) is 115 Å². The summed E-state index contributed by atoms with van der Waals surface area (Å²) in [5.74, 6) is 2.61. The van der Waals surface area contributed by atoms with E-state index in [2.05, 4.69) is 154 Å². The molecular weight excluding hydrogens is 709 g/mol. The molecule has 0 spiro atoms. The van der Waals surface area contributed by atoms with Crippen molar-refractivity contribution in [1.29, 1.82) is 0 Å². The first-order valence-corrected chi connectivity index (χ1v) is 20.2. The Hall–Kier alpha value is -3.84. The van der Waals surface area contributed by atoms with Crippen molar-refractivity contribution in [3.05, 3.63) is 124 Å². The van der Waals surface area contributed by atoms with E-state index in [4.69, 9.17) is 14.2 Å². The molecule has 4 rings (SSSR count). The normalized spacial score (nSPS) is 9.00. The van der Waals surface area contributed by atoms with Gasteiger partial charge >= 0.3 is 0 Å². The van der Waals surface area contributed by atoms with Gasteiger partial charge in [-0.1, -0.05) is 152 Å². The molecule has 4 aromatic carbocycles. The van der Waals surface area contributed by atoms with Gasteiger partial charge in [0.25, 0.3) is 0 Å². The standard InChI is InChI=1S/C9H12.C8H10O2.C8H10O.C8H10.C5H12.C4H10.C3H8O2.C3H8O.C3H8/c1-7-4-5-8(2)9(3)6-7;1-9-7-3-5-8(10-2)6-4-7;1-7-3-5-8(9-2)6-4-7;1-7-3-5-8(2)6-4-7;1-5(2,3)4;1-3-4-2;1-4-3-5-2;1-3-4-2;1-3-2/h4-6H,1-3H3;3-6H,1-2H3;3-6H,1-2H3;3-6H,1-2H3;1-4H3;3-4H2,1-2H3;3H2,1-2H3;3H2,1-2H3;3H2,1-2H3. The zero-order chi connectivity index (χ0) is 45.1. The minimum Gasteiger partial charge on any atom is -0.497 e. The first-order chi connectivity index (χ1) is 26.8. The highest BCUT2D eigenvalue weighted by molar-refractivity contribution is 5.31. The van der Waals surface area contributed by atoms with Gasteiger partial charge in [0.15, 0.2) is 0 Å². The van der Waals surface area contributed by atoms with Crippen LogP contribution in [0.15, 0.2) is 91.0 Å². The second-order valence-corrected chi connectivity index (χ2v) is 14.6. The summed E-state index contributed by atoms with van der Waals surface area (Å²) in [6.07, 6.45) is 3.89. The Labute approximate surface area is 353 Å². The second-order valence-electron chi connectivity index (χ2n) is 14.6. The molecule has 0 aliphatic heterocycles. The molecule has 0 aliphatic carbocycles. The van der Waals surface area contributed by atoms with Gasteiger partial charge in [0, 0.05) is 27.9 Å². The molecule has 0 fully saturated rings. The third-order valence-electron chi connectivity index (χ3n) is 6.46. The summed E-state index contributed by atoms with van der Waals surface area (Å²) >= 11 is 0. The summed E-state index contributed by atoms with van der Waals surface area (Å²) < 4.78 is 28.4. The van der Waals surface area contributed by atoms with Gasteiger partial charge in [0.2, 0.25) is 0 Å². The lowest BCUT2D eigenvalue weighted by molar-refractivity contribution is -0.00272. The predicted octanol–water partition coefficient (Wildman–Crippen LogP) is 14.8. The summed E-state index contributed by atoms with van der Waals surface area (Å²) in [7, 11) is 9.81. The van der Waals surface area contributed by atoms with Crippen molar-refractivity contribution in [2.75, 3.05) is 56.1 Å². The molecule has 0 radical (unpaired) electrons. The van der Waals surface area contributed by atoms with E-state index >= 15 is 0 Å². The number of hydrogen-bond donors (Lipinski definition) is 0. The molecule has 0 bridgehead atoms. The maximum atomic E-state index is 4.97. The molecule has 0 atom stereocenters. The fourth-order valence-corrected chi connectivity index (χ4v) is 3.03.